The molecule has 0 amide bonds. The van der Waals surface area contributed by atoms with E-state index in [2.05, 4.69) is 0 Å². The van der Waals surface area contributed by atoms with Crippen molar-refractivity contribution in [3.8, 4) is 0 Å². The van der Waals surface area contributed by atoms with E-state index in [9.17, 15) is 0 Å². The van der Waals surface area contributed by atoms with Gasteiger partial charge in [0.05, 0.1) is 0 Å². The summed E-state index contributed by atoms with van der Waals surface area (Å²) >= 11 is 0. The van der Waals surface area contributed by atoms with E-state index in [1.165, 1.54) is 0 Å². The summed E-state index contributed by atoms with van der Waals surface area (Å²) in [6, 6.07) is 0. The quantitative estimate of drug-likeness (QED) is 0.434. The fourth-order valence-corrected chi connectivity index (χ4v) is 0. The fourth-order valence-electron chi connectivity index (χ4n) is 0. The second kappa shape index (κ2) is 19.5. The van der Waals surface area contributed by atoms with Gasteiger partial charge in [0.25, 0.3) is 0 Å². The average Bonchev–Trinajstić information content (AvgIpc) is 0. The Bertz CT molecular complexity index is 8.00. The first-order valence-corrected chi connectivity index (χ1v) is 0. The number of hydrogen-bond donors (Lipinski definition) is 0. The van der Waals surface area contributed by atoms with E-state index in [1.54, 1.807) is 0 Å². The predicted molar refractivity (Wildman–Crippen MR) is 15.8 cm³/mol. The van der Waals surface area contributed by atoms with Gasteiger partial charge >= 0.3 is 23.1 Å². The van der Waals surface area contributed by atoms with Crippen LogP contribution in [0.1, 0.15) is 0 Å². The minimum atomic E-state index is 0. The van der Waals surface area contributed by atoms with Crippen LogP contribution in [0.15, 0.2) is 0 Å². The maximum atomic E-state index is 0. The standard InChI is InChI=1S/ClH.Fe.Mg.Mn.2H/h1H;;;;;. The first-order valence-electron chi connectivity index (χ1n) is 0. The molecule has 0 nitrogen and oxygen atoms in total. The molecule has 1 radical (unpaired) electrons. The van der Waals surface area contributed by atoms with Crippen LogP contribution in [-0.2, 0) is 34.1 Å². The Kier molecular flexibility index (Phi) is 175. The van der Waals surface area contributed by atoms with Gasteiger partial charge in [-0.15, -0.1) is 12.4 Å². The molecule has 0 fully saturated rings. The molecule has 0 saturated heterocycles. The zero-order chi connectivity index (χ0) is 0. The van der Waals surface area contributed by atoms with Crippen LogP contribution in [0.2, 0.25) is 0 Å². The molecule has 0 spiro atoms. The van der Waals surface area contributed by atoms with Crippen molar-refractivity contribution in [3.63, 3.8) is 0 Å². The molecule has 0 aromatic carbocycles. The van der Waals surface area contributed by atoms with Gasteiger partial charge in [-0.05, 0) is 0 Å². The summed E-state index contributed by atoms with van der Waals surface area (Å²) in [6.45, 7) is 0. The van der Waals surface area contributed by atoms with Gasteiger partial charge in [-0.1, -0.05) is 0 Å². The molecule has 0 unspecified atom stereocenters. The van der Waals surface area contributed by atoms with Gasteiger partial charge in [-0.2, -0.15) is 0 Å². The molecule has 0 atom stereocenters. The summed E-state index contributed by atoms with van der Waals surface area (Å²) in [4.78, 5) is 0. The summed E-state index contributed by atoms with van der Waals surface area (Å²) in [6.07, 6.45) is 0. The van der Waals surface area contributed by atoms with E-state index in [0.29, 0.717) is 0 Å². The number of rotatable bonds is 0. The topological polar surface area (TPSA) is 0 Å². The van der Waals surface area contributed by atoms with Gasteiger partial charge in [0.15, 0.2) is 0 Å². The monoisotopic (exact) mass is 173 g/mol. The second-order valence-electron chi connectivity index (χ2n) is 0. The van der Waals surface area contributed by atoms with Crippen LogP contribution in [0.5, 0.6) is 0 Å². The fraction of sp³-hybridized carbons (Fsp3) is 0. The molecular formula is H3ClFeMgMn. The van der Waals surface area contributed by atoms with Crippen LogP contribution in [0.25, 0.3) is 0 Å². The third kappa shape index (κ3) is 8.94. The summed E-state index contributed by atoms with van der Waals surface area (Å²) in [5.74, 6) is 0. The van der Waals surface area contributed by atoms with Gasteiger partial charge in [-0.25, -0.2) is 0 Å². The van der Waals surface area contributed by atoms with Crippen molar-refractivity contribution in [1.29, 1.82) is 0 Å². The van der Waals surface area contributed by atoms with Crippen LogP contribution in [0, 0.1) is 0 Å². The van der Waals surface area contributed by atoms with Crippen LogP contribution in [0.4, 0.5) is 0 Å². The first kappa shape index (κ1) is 36.0. The summed E-state index contributed by atoms with van der Waals surface area (Å²) in [5.41, 5.74) is 0. The molecule has 0 N–H and O–H groups in total. The van der Waals surface area contributed by atoms with Crippen molar-refractivity contribution >= 4 is 35.5 Å². The minimum absolute atomic E-state index is 0. The predicted octanol–water partition coefficient (Wildman–Crippen LogP) is -0.499. The van der Waals surface area contributed by atoms with Gasteiger partial charge in [0.1, 0.15) is 0 Å². The molecule has 0 aliphatic rings. The number of halogens is 1. The Hall–Kier alpha value is 2.10. The molecule has 4 heavy (non-hydrogen) atoms. The van der Waals surface area contributed by atoms with Crippen molar-refractivity contribution in [2.75, 3.05) is 0 Å². The van der Waals surface area contributed by atoms with Crippen LogP contribution in [-0.4, -0.2) is 23.1 Å². The molecule has 4 heteroatoms. The van der Waals surface area contributed by atoms with Crippen molar-refractivity contribution in [2.45, 2.75) is 0 Å². The smallest absolute Gasteiger partial charge is 0.147 e. The van der Waals surface area contributed by atoms with E-state index in [1.807, 2.05) is 0 Å². The van der Waals surface area contributed by atoms with Gasteiger partial charge in [0, 0.05) is 34.1 Å². The molecule has 0 heterocycles. The largest absolute Gasteiger partial charge is 0.316 e. The maximum Gasteiger partial charge on any atom is 0.316 e. The Balaban J connectivity index is 0. The van der Waals surface area contributed by atoms with Gasteiger partial charge in [-0.3, -0.25) is 0 Å². The SMILES string of the molecule is Cl.[Fe].[MgH2].[Mn]. The van der Waals surface area contributed by atoms with Gasteiger partial charge in [0.2, 0.25) is 0 Å². The molecule has 0 aliphatic heterocycles. The minimum Gasteiger partial charge on any atom is -0.147 e. The van der Waals surface area contributed by atoms with E-state index in [4.69, 9.17) is 0 Å². The van der Waals surface area contributed by atoms with Crippen molar-refractivity contribution in [3.05, 3.63) is 0 Å². The number of hydrogen-bond acceptors (Lipinski definition) is 0. The van der Waals surface area contributed by atoms with Crippen LogP contribution in [0.3, 0.4) is 0 Å². The molecule has 0 rings (SSSR count). The Labute approximate surface area is 69.0 Å². The Morgan fingerprint density at radius 1 is 1.00 bits per heavy atom. The summed E-state index contributed by atoms with van der Waals surface area (Å²) in [5, 5.41) is 0. The molecule has 0 aromatic heterocycles. The third-order valence-electron chi connectivity index (χ3n) is 0. The first-order chi connectivity index (χ1) is 0. The van der Waals surface area contributed by atoms with Crippen LogP contribution >= 0.6 is 12.4 Å². The van der Waals surface area contributed by atoms with Crippen molar-refractivity contribution < 1.29 is 34.1 Å². The molecule has 0 saturated carbocycles. The maximum absolute atomic E-state index is 0. The van der Waals surface area contributed by atoms with E-state index in [0.717, 1.165) is 0 Å². The van der Waals surface area contributed by atoms with E-state index >= 15 is 0 Å². The molecule has 27 valence electrons. The zero-order valence-corrected chi connectivity index (χ0v) is 4.24. The van der Waals surface area contributed by atoms with Gasteiger partial charge < -0.3 is 0 Å². The van der Waals surface area contributed by atoms with Crippen LogP contribution < -0.4 is 0 Å². The Morgan fingerprint density at radius 3 is 1.00 bits per heavy atom. The molecule has 0 aromatic rings. The molecule has 0 aliphatic carbocycles. The normalized spacial score (nSPS) is 0. The van der Waals surface area contributed by atoms with E-state index < -0.39 is 0 Å². The molecule has 0 bridgehead atoms. The second-order valence-corrected chi connectivity index (χ2v) is 0. The summed E-state index contributed by atoms with van der Waals surface area (Å²) in [7, 11) is 0. The average molecular weight is 174 g/mol. The Morgan fingerprint density at radius 2 is 1.00 bits per heavy atom. The zero-order valence-electron chi connectivity index (χ0n) is 1.14. The molecular weight excluding hydrogens is 171 g/mol. The third-order valence-corrected chi connectivity index (χ3v) is 0. The summed E-state index contributed by atoms with van der Waals surface area (Å²) < 4.78 is 0. The van der Waals surface area contributed by atoms with E-state index in [-0.39, 0.29) is 69.6 Å². The van der Waals surface area contributed by atoms with Crippen molar-refractivity contribution in [2.24, 2.45) is 0 Å². The van der Waals surface area contributed by atoms with Crippen molar-refractivity contribution in [1.82, 2.24) is 0 Å².